The third-order valence-corrected chi connectivity index (χ3v) is 19.6. The molecule has 0 bridgehead atoms. The molecule has 0 saturated heterocycles. The van der Waals surface area contributed by atoms with Crippen LogP contribution in [0.25, 0.3) is 166 Å². The van der Waals surface area contributed by atoms with E-state index in [-0.39, 0.29) is 57.1 Å². The van der Waals surface area contributed by atoms with Crippen molar-refractivity contribution in [2.75, 3.05) is 0 Å². The average Bonchev–Trinajstić information content (AvgIpc) is 0.707. The number of fused-ring (bicyclic) bond motifs is 24. The molecule has 0 unspecified atom stereocenters. The molecule has 0 amide bonds. The van der Waals surface area contributed by atoms with Gasteiger partial charge in [-0.25, -0.2) is 132 Å². The maximum absolute atomic E-state index is 16.0. The van der Waals surface area contributed by atoms with Gasteiger partial charge in [-0.3, -0.25) is 0 Å². The van der Waals surface area contributed by atoms with Gasteiger partial charge in [0.05, 0.1) is 32.3 Å². The fraction of sp³-hybridized carbons (Fsp3) is 0.0488. The molecule has 0 aliphatic heterocycles. The number of ether oxygens (including phenoxy) is 4. The number of aromatic nitrogens is 24. The smallest absolute Gasteiger partial charge is 0.435 e. The molecule has 0 aliphatic carbocycles. The van der Waals surface area contributed by atoms with E-state index in [1.165, 1.54) is 0 Å². The molecule has 0 atom stereocenters. The van der Waals surface area contributed by atoms with Crippen molar-refractivity contribution in [3.05, 3.63) is 238 Å². The van der Waals surface area contributed by atoms with Crippen LogP contribution in [0.2, 0.25) is 0 Å². The van der Waals surface area contributed by atoms with Crippen molar-refractivity contribution in [1.29, 1.82) is 0 Å². The largest absolute Gasteiger partial charge is 0.435 e. The molecule has 12 heterocycles. The summed E-state index contributed by atoms with van der Waals surface area (Å²) in [6.45, 7) is 0. The highest BCUT2D eigenvalue weighted by atomic mass is 19.4. The zero-order chi connectivity index (χ0) is 97.4. The lowest BCUT2D eigenvalue weighted by molar-refractivity contribution is -0.167. The summed E-state index contributed by atoms with van der Waals surface area (Å²) in [5.74, 6) is -31.6. The molecule has 0 fully saturated rings. The van der Waals surface area contributed by atoms with Gasteiger partial charge in [0.25, 0.3) is 47.3 Å². The Morgan fingerprint density at radius 2 is 0.290 bits per heavy atom. The maximum Gasteiger partial charge on any atom is 0.435 e. The molecule has 22 aromatic rings. The Hall–Kier alpha value is -17.7. The van der Waals surface area contributed by atoms with Crippen molar-refractivity contribution >= 4 is 166 Å². The minimum Gasteiger partial charge on any atom is -0.435 e. The first-order valence-corrected chi connectivity index (χ1v) is 37.6. The number of benzene rings is 10. The molecule has 22 rings (SSSR count). The van der Waals surface area contributed by atoms with Crippen molar-refractivity contribution in [2.24, 2.45) is 0 Å². The van der Waals surface area contributed by atoms with Crippen LogP contribution in [0.1, 0.15) is 22.8 Å². The quantitative estimate of drug-likeness (QED) is 0.0448. The number of hydrogen-bond acceptors (Lipinski definition) is 28. The Labute approximate surface area is 734 Å². The molecule has 0 spiro atoms. The van der Waals surface area contributed by atoms with E-state index in [4.69, 9.17) is 18.9 Å². The normalized spacial score (nSPS) is 12.3. The Morgan fingerprint density at radius 1 is 0.152 bits per heavy atom. The van der Waals surface area contributed by atoms with E-state index in [2.05, 4.69) is 120 Å². The van der Waals surface area contributed by atoms with Crippen LogP contribution in [0.5, 0.6) is 46.5 Å². The molecule has 10 aromatic carbocycles. The average molecular weight is 1940 g/mol. The zero-order valence-electron chi connectivity index (χ0n) is 65.5. The predicted molar refractivity (Wildman–Crippen MR) is 414 cm³/mol. The zero-order valence-corrected chi connectivity index (χ0v) is 65.5. The van der Waals surface area contributed by atoms with Crippen LogP contribution in [0.3, 0.4) is 0 Å². The van der Waals surface area contributed by atoms with E-state index in [9.17, 15) is 96.6 Å². The van der Waals surface area contributed by atoms with Gasteiger partial charge in [-0.1, -0.05) is 72.8 Å². The summed E-state index contributed by atoms with van der Waals surface area (Å²) in [6.07, 6.45) is -23.4. The molecule has 0 saturated carbocycles. The first kappa shape index (κ1) is 88.2. The number of halogens is 28. The molecule has 28 nitrogen and oxygen atoms in total. The second-order valence-corrected chi connectivity index (χ2v) is 28.2. The topological polar surface area (TPSA) is 346 Å². The van der Waals surface area contributed by atoms with Crippen molar-refractivity contribution < 1.29 is 142 Å². The number of alkyl halides is 12. The van der Waals surface area contributed by atoms with Gasteiger partial charge < -0.3 is 18.9 Å². The molecular weight excluding hydrogens is 1920 g/mol. The molecule has 0 aliphatic rings. The highest BCUT2D eigenvalue weighted by Crippen LogP contribution is 2.48. The Balaban J connectivity index is 0.000000132. The molecular formula is C82H20F28N24O4. The second-order valence-electron chi connectivity index (χ2n) is 28.2. The highest BCUT2D eigenvalue weighted by molar-refractivity contribution is 6.25. The lowest BCUT2D eigenvalue weighted by atomic mass is 10.0. The third kappa shape index (κ3) is 14.9. The first-order chi connectivity index (χ1) is 65.5. The van der Waals surface area contributed by atoms with Crippen LogP contribution in [0.4, 0.5) is 123 Å². The van der Waals surface area contributed by atoms with Gasteiger partial charge in [0.2, 0.25) is 45.2 Å². The SMILES string of the molecule is Fc1c(F)c(F)c2c3nc4nc(C(F)(F)F)c(C(F)(F)F)nc4nc3c3nc4nc(C(F)(F)F)c(C(F)(F)F)nc4nc3c2c1F.Fc1c(F)c(F)c2c3nc4nc(Oc5ccccc5)c(Oc5ccccc5)nc4nc3c3nc4nc(Oc5ccccc5)c(Oc5ccccc5)nc4nc3c2c1F.Fc1nc2nc3c4nc5nc(F)c(F)nc5nc4c4c(F)c(F)c(F)c(F)c4c3nc2nc1F. The van der Waals surface area contributed by atoms with Crippen LogP contribution in [-0.2, 0) is 24.7 Å². The van der Waals surface area contributed by atoms with Gasteiger partial charge in [-0.2, -0.15) is 110 Å². The minimum atomic E-state index is -5.85. The lowest BCUT2D eigenvalue weighted by Gasteiger charge is -2.16. The Kier molecular flexibility index (Phi) is 20.5. The summed E-state index contributed by atoms with van der Waals surface area (Å²) in [4.78, 5) is 88.8. The summed E-state index contributed by atoms with van der Waals surface area (Å²) < 4.78 is 419. The summed E-state index contributed by atoms with van der Waals surface area (Å²) in [5.41, 5.74) is -28.8. The van der Waals surface area contributed by atoms with Crippen LogP contribution in [0.15, 0.2) is 121 Å². The fourth-order valence-electron chi connectivity index (χ4n) is 13.9. The molecule has 688 valence electrons. The summed E-state index contributed by atoms with van der Waals surface area (Å²) in [6, 6.07) is 34.5. The van der Waals surface area contributed by atoms with Gasteiger partial charge in [0.15, 0.2) is 115 Å². The standard InChI is InChI=1S/C42H20F4N8O4.C22F16N8.C18F8N8/c43-27-25-26(28(44)30(46)29(27)45)32-34(50-38-36(48-32)52-40(56-22-15-7-2-8-16-22)42(54-38)58-24-19-11-4-12-20-24)33-31(25)47-35-37(49-33)53-41(57-23-17-9-3-10-18-23)39(51-35)55-21-13-5-1-6-14-21;23-3-1-2(4(24)6(26)5(3)25)8-10(42-18-16(40-8)44-12(20(30,31)32)14(46-18)22(36,37)38)9-7(1)39-15-17(41-9)45-13(21(33,34)35)11(43-15)19(27,28)29;19-3-1-2(4(20)6(22)5(3)21)8-10(30-18-16(28-8)32-12(24)14(26)34-18)9-7(1)27-15-17(29-9)33-13(25)11(23)31-15/h1-20H;;. The first-order valence-electron chi connectivity index (χ1n) is 37.6. The molecule has 0 radical (unpaired) electrons. The molecule has 12 aromatic heterocycles. The van der Waals surface area contributed by atoms with Crippen molar-refractivity contribution in [2.45, 2.75) is 24.7 Å². The molecule has 138 heavy (non-hydrogen) atoms. The number of nitrogens with zero attached hydrogens (tertiary/aromatic N) is 24. The lowest BCUT2D eigenvalue weighted by Crippen LogP contribution is -2.21. The minimum absolute atomic E-state index is 0.123. The van der Waals surface area contributed by atoms with E-state index in [0.29, 0.717) is 23.0 Å². The van der Waals surface area contributed by atoms with E-state index in [1.807, 2.05) is 0 Å². The second kappa shape index (κ2) is 32.0. The van der Waals surface area contributed by atoms with Gasteiger partial charge in [0, 0.05) is 0 Å². The predicted octanol–water partition coefficient (Wildman–Crippen LogP) is 21.3. The highest BCUT2D eigenvalue weighted by Gasteiger charge is 2.49. The van der Waals surface area contributed by atoms with Crippen LogP contribution in [-0.4, -0.2) is 120 Å². The van der Waals surface area contributed by atoms with Crippen molar-refractivity contribution in [1.82, 2.24) is 120 Å². The summed E-state index contributed by atoms with van der Waals surface area (Å²) >= 11 is 0. The van der Waals surface area contributed by atoms with E-state index in [0.717, 1.165) is 0 Å². The van der Waals surface area contributed by atoms with Crippen LogP contribution in [0, 0.1) is 93.6 Å². The molecule has 0 N–H and O–H groups in total. The summed E-state index contributed by atoms with van der Waals surface area (Å²) in [5, 5.41) is -6.65. The van der Waals surface area contributed by atoms with Gasteiger partial charge in [-0.05, 0) is 48.5 Å². The van der Waals surface area contributed by atoms with Gasteiger partial charge >= 0.3 is 24.7 Å². The van der Waals surface area contributed by atoms with Crippen molar-refractivity contribution in [3.63, 3.8) is 0 Å². The fourth-order valence-corrected chi connectivity index (χ4v) is 13.9. The number of para-hydroxylation sites is 4. The number of rotatable bonds is 8. The van der Waals surface area contributed by atoms with Gasteiger partial charge in [-0.15, -0.1) is 0 Å². The number of hydrogen-bond donors (Lipinski definition) is 0. The van der Waals surface area contributed by atoms with Gasteiger partial charge in [0.1, 0.15) is 89.2 Å². The van der Waals surface area contributed by atoms with E-state index < -0.39 is 274 Å². The monoisotopic (exact) mass is 1940 g/mol. The van der Waals surface area contributed by atoms with E-state index >= 15 is 26.3 Å². The van der Waals surface area contributed by atoms with Crippen molar-refractivity contribution in [3.8, 4) is 46.5 Å². The Morgan fingerprint density at radius 3 is 0.442 bits per heavy atom. The molecule has 56 heteroatoms. The Bertz CT molecular complexity index is 8570. The van der Waals surface area contributed by atoms with Crippen LogP contribution < -0.4 is 18.9 Å². The maximum atomic E-state index is 16.0. The van der Waals surface area contributed by atoms with Crippen LogP contribution >= 0.6 is 0 Å². The van der Waals surface area contributed by atoms with E-state index in [1.54, 1.807) is 121 Å². The third-order valence-electron chi connectivity index (χ3n) is 19.6. The summed E-state index contributed by atoms with van der Waals surface area (Å²) in [7, 11) is 0.